The van der Waals surface area contributed by atoms with Crippen LogP contribution in [0.25, 0.3) is 0 Å². The minimum atomic E-state index is -0.170. The fourth-order valence-corrected chi connectivity index (χ4v) is 1.64. The van der Waals surface area contributed by atoms with E-state index >= 15 is 0 Å². The van der Waals surface area contributed by atoms with E-state index in [1.807, 2.05) is 0 Å². The van der Waals surface area contributed by atoms with Crippen LogP contribution in [0, 0.1) is 0 Å². The van der Waals surface area contributed by atoms with Gasteiger partial charge in [-0.15, -0.1) is 0 Å². The zero-order valence-electron chi connectivity index (χ0n) is 7.59. The lowest BCUT2D eigenvalue weighted by Crippen LogP contribution is -2.20. The molecule has 0 unspecified atom stereocenters. The van der Waals surface area contributed by atoms with E-state index in [1.165, 1.54) is 25.9 Å². The second-order valence-electron chi connectivity index (χ2n) is 3.47. The lowest BCUT2D eigenvalue weighted by molar-refractivity contribution is -0.118. The third kappa shape index (κ3) is 3.72. The maximum Gasteiger partial charge on any atom is 0.217 e. The van der Waals surface area contributed by atoms with Gasteiger partial charge in [0.1, 0.15) is 0 Å². The predicted octanol–water partition coefficient (Wildman–Crippen LogP) is 0.738. The van der Waals surface area contributed by atoms with Crippen LogP contribution in [-0.2, 0) is 4.79 Å². The Balaban J connectivity index is 1.91. The molecular formula is C9H18N2O. The van der Waals surface area contributed by atoms with Gasteiger partial charge < -0.3 is 10.6 Å². The zero-order valence-corrected chi connectivity index (χ0v) is 7.59. The number of amides is 1. The summed E-state index contributed by atoms with van der Waals surface area (Å²) < 4.78 is 0. The minimum absolute atomic E-state index is 0.170. The number of hydrogen-bond donors (Lipinski definition) is 1. The number of unbranched alkanes of at least 4 members (excludes halogenated alkanes) is 1. The molecule has 1 aliphatic rings. The summed E-state index contributed by atoms with van der Waals surface area (Å²) in [5.41, 5.74) is 5.03. The second kappa shape index (κ2) is 5.14. The number of primary amides is 1. The molecule has 1 rings (SSSR count). The van der Waals surface area contributed by atoms with Crippen molar-refractivity contribution in [1.29, 1.82) is 0 Å². The Kier molecular flexibility index (Phi) is 4.08. The maximum atomic E-state index is 10.4. The number of rotatable bonds is 5. The van der Waals surface area contributed by atoms with Crippen molar-refractivity contribution < 1.29 is 4.79 Å². The molecule has 0 aromatic carbocycles. The molecule has 1 heterocycles. The first-order valence-corrected chi connectivity index (χ1v) is 4.80. The number of hydrogen-bond acceptors (Lipinski definition) is 2. The van der Waals surface area contributed by atoms with E-state index in [4.69, 9.17) is 5.73 Å². The molecular weight excluding hydrogens is 152 g/mol. The van der Waals surface area contributed by atoms with Crippen molar-refractivity contribution in [2.75, 3.05) is 19.6 Å². The van der Waals surface area contributed by atoms with E-state index in [2.05, 4.69) is 4.90 Å². The van der Waals surface area contributed by atoms with Crippen LogP contribution in [0.2, 0.25) is 0 Å². The molecule has 1 amide bonds. The predicted molar refractivity (Wildman–Crippen MR) is 48.7 cm³/mol. The van der Waals surface area contributed by atoms with Gasteiger partial charge in [-0.25, -0.2) is 0 Å². The molecule has 12 heavy (non-hydrogen) atoms. The third-order valence-electron chi connectivity index (χ3n) is 2.35. The van der Waals surface area contributed by atoms with Gasteiger partial charge in [0, 0.05) is 6.42 Å². The van der Waals surface area contributed by atoms with E-state index in [1.54, 1.807) is 0 Å². The molecule has 70 valence electrons. The summed E-state index contributed by atoms with van der Waals surface area (Å²) in [6, 6.07) is 0. The molecule has 0 aromatic rings. The van der Waals surface area contributed by atoms with Crippen molar-refractivity contribution in [1.82, 2.24) is 4.90 Å². The van der Waals surface area contributed by atoms with Crippen LogP contribution in [0.5, 0.6) is 0 Å². The summed E-state index contributed by atoms with van der Waals surface area (Å²) in [5.74, 6) is -0.170. The molecule has 0 aliphatic carbocycles. The van der Waals surface area contributed by atoms with Crippen molar-refractivity contribution in [2.45, 2.75) is 32.1 Å². The van der Waals surface area contributed by atoms with Crippen molar-refractivity contribution in [3.05, 3.63) is 0 Å². The van der Waals surface area contributed by atoms with Gasteiger partial charge in [-0.3, -0.25) is 4.79 Å². The molecule has 1 saturated heterocycles. The normalized spacial score (nSPS) is 18.3. The molecule has 0 radical (unpaired) electrons. The smallest absolute Gasteiger partial charge is 0.217 e. The summed E-state index contributed by atoms with van der Waals surface area (Å²) in [7, 11) is 0. The van der Waals surface area contributed by atoms with Crippen LogP contribution in [0.3, 0.4) is 0 Å². The third-order valence-corrected chi connectivity index (χ3v) is 2.35. The average Bonchev–Trinajstić information content (AvgIpc) is 2.49. The highest BCUT2D eigenvalue weighted by Gasteiger charge is 2.09. The summed E-state index contributed by atoms with van der Waals surface area (Å²) >= 11 is 0. The molecule has 1 aliphatic heterocycles. The number of carbonyl (C=O) groups is 1. The van der Waals surface area contributed by atoms with E-state index in [9.17, 15) is 4.79 Å². The SMILES string of the molecule is NC(=O)CCCCN1CCCC1. The van der Waals surface area contributed by atoms with Crippen LogP contribution >= 0.6 is 0 Å². The van der Waals surface area contributed by atoms with Gasteiger partial charge >= 0.3 is 0 Å². The second-order valence-corrected chi connectivity index (χ2v) is 3.47. The average molecular weight is 170 g/mol. The monoisotopic (exact) mass is 170 g/mol. The fraction of sp³-hybridized carbons (Fsp3) is 0.889. The standard InChI is InChI=1S/C9H18N2O/c10-9(12)5-1-2-6-11-7-3-4-8-11/h1-8H2,(H2,10,12). The molecule has 0 atom stereocenters. The Morgan fingerprint density at radius 1 is 1.25 bits per heavy atom. The van der Waals surface area contributed by atoms with E-state index < -0.39 is 0 Å². The van der Waals surface area contributed by atoms with E-state index in [-0.39, 0.29) is 5.91 Å². The first-order chi connectivity index (χ1) is 5.79. The Labute approximate surface area is 73.9 Å². The Hall–Kier alpha value is -0.570. The van der Waals surface area contributed by atoms with Gasteiger partial charge in [0.2, 0.25) is 5.91 Å². The van der Waals surface area contributed by atoms with Gasteiger partial charge in [-0.2, -0.15) is 0 Å². The van der Waals surface area contributed by atoms with Gasteiger partial charge in [-0.05, 0) is 45.3 Å². The lowest BCUT2D eigenvalue weighted by atomic mass is 10.2. The van der Waals surface area contributed by atoms with Crippen LogP contribution in [0.1, 0.15) is 32.1 Å². The van der Waals surface area contributed by atoms with Crippen molar-refractivity contribution in [3.63, 3.8) is 0 Å². The minimum Gasteiger partial charge on any atom is -0.370 e. The van der Waals surface area contributed by atoms with Gasteiger partial charge in [-0.1, -0.05) is 0 Å². The Bertz CT molecular complexity index is 141. The molecule has 3 heteroatoms. The number of nitrogens with two attached hydrogens (primary N) is 1. The zero-order chi connectivity index (χ0) is 8.81. The molecule has 0 spiro atoms. The largest absolute Gasteiger partial charge is 0.370 e. The summed E-state index contributed by atoms with van der Waals surface area (Å²) in [6.45, 7) is 3.64. The Morgan fingerprint density at radius 3 is 2.50 bits per heavy atom. The first-order valence-electron chi connectivity index (χ1n) is 4.80. The van der Waals surface area contributed by atoms with Crippen LogP contribution in [0.4, 0.5) is 0 Å². The lowest BCUT2D eigenvalue weighted by Gasteiger charge is -2.13. The van der Waals surface area contributed by atoms with E-state index in [0.29, 0.717) is 6.42 Å². The van der Waals surface area contributed by atoms with Crippen molar-refractivity contribution >= 4 is 5.91 Å². The molecule has 1 fully saturated rings. The summed E-state index contributed by atoms with van der Waals surface area (Å²) in [5, 5.41) is 0. The number of nitrogens with zero attached hydrogens (tertiary/aromatic N) is 1. The van der Waals surface area contributed by atoms with Gasteiger partial charge in [0.15, 0.2) is 0 Å². The highest BCUT2D eigenvalue weighted by Crippen LogP contribution is 2.08. The van der Waals surface area contributed by atoms with Crippen molar-refractivity contribution in [3.8, 4) is 0 Å². The number of carbonyl (C=O) groups excluding carboxylic acids is 1. The molecule has 0 aromatic heterocycles. The number of likely N-dealkylation sites (tertiary alicyclic amines) is 1. The van der Waals surface area contributed by atoms with Gasteiger partial charge in [0.25, 0.3) is 0 Å². The fourth-order valence-electron chi connectivity index (χ4n) is 1.64. The van der Waals surface area contributed by atoms with E-state index in [0.717, 1.165) is 19.4 Å². The molecule has 3 nitrogen and oxygen atoms in total. The van der Waals surface area contributed by atoms with Crippen LogP contribution in [-0.4, -0.2) is 30.4 Å². The summed E-state index contributed by atoms with van der Waals surface area (Å²) in [6.07, 6.45) is 5.30. The van der Waals surface area contributed by atoms with Gasteiger partial charge in [0.05, 0.1) is 0 Å². The Morgan fingerprint density at radius 2 is 1.92 bits per heavy atom. The molecule has 2 N–H and O–H groups in total. The van der Waals surface area contributed by atoms with Crippen LogP contribution in [0.15, 0.2) is 0 Å². The molecule has 0 bridgehead atoms. The summed E-state index contributed by atoms with van der Waals surface area (Å²) in [4.78, 5) is 12.9. The quantitative estimate of drug-likeness (QED) is 0.618. The topological polar surface area (TPSA) is 46.3 Å². The highest BCUT2D eigenvalue weighted by atomic mass is 16.1. The first kappa shape index (κ1) is 9.52. The maximum absolute atomic E-state index is 10.4. The van der Waals surface area contributed by atoms with Crippen molar-refractivity contribution in [2.24, 2.45) is 5.73 Å². The molecule has 0 saturated carbocycles. The highest BCUT2D eigenvalue weighted by molar-refractivity contribution is 5.73. The van der Waals surface area contributed by atoms with Crippen LogP contribution < -0.4 is 5.73 Å².